The van der Waals surface area contributed by atoms with Crippen molar-refractivity contribution >= 4 is 41.8 Å². The van der Waals surface area contributed by atoms with Crippen LogP contribution >= 0.6 is 24.0 Å². The number of halogens is 1. The largest absolute Gasteiger partial charge is 0.497 e. The second-order valence-corrected chi connectivity index (χ2v) is 6.57. The Morgan fingerprint density at radius 2 is 1.72 bits per heavy atom. The van der Waals surface area contributed by atoms with Crippen molar-refractivity contribution in [2.45, 2.75) is 20.0 Å². The lowest BCUT2D eigenvalue weighted by atomic mass is 10.1. The number of carbonyl (C=O) groups is 2. The summed E-state index contributed by atoms with van der Waals surface area (Å²) in [5.41, 5.74) is 7.39. The van der Waals surface area contributed by atoms with Crippen molar-refractivity contribution in [3.8, 4) is 11.5 Å². The van der Waals surface area contributed by atoms with Gasteiger partial charge in [0.25, 0.3) is 5.91 Å². The molecule has 0 atom stereocenters. The van der Waals surface area contributed by atoms with Gasteiger partial charge in [-0.25, -0.2) is 4.99 Å². The van der Waals surface area contributed by atoms with Crippen LogP contribution in [0.3, 0.4) is 0 Å². The van der Waals surface area contributed by atoms with Gasteiger partial charge in [-0.1, -0.05) is 12.1 Å². The van der Waals surface area contributed by atoms with Gasteiger partial charge >= 0.3 is 0 Å². The van der Waals surface area contributed by atoms with Gasteiger partial charge in [0.2, 0.25) is 5.91 Å². The first-order chi connectivity index (χ1) is 15.0. The molecule has 0 bridgehead atoms. The summed E-state index contributed by atoms with van der Waals surface area (Å²) in [7, 11) is 3.23. The molecule has 5 N–H and O–H groups in total. The van der Waals surface area contributed by atoms with Gasteiger partial charge in [-0.2, -0.15) is 0 Å². The van der Waals surface area contributed by atoms with Crippen LogP contribution in [0.25, 0.3) is 0 Å². The van der Waals surface area contributed by atoms with Crippen molar-refractivity contribution < 1.29 is 19.1 Å². The predicted octanol–water partition coefficient (Wildman–Crippen LogP) is 1.79. The quantitative estimate of drug-likeness (QED) is 0.201. The normalized spacial score (nSPS) is 10.5. The highest BCUT2D eigenvalue weighted by Crippen LogP contribution is 2.24. The fraction of sp³-hybridized carbons (Fsp3) is 0.318. The van der Waals surface area contributed by atoms with Gasteiger partial charge in [-0.05, 0) is 36.8 Å². The number of amides is 2. The molecule has 9 nitrogen and oxygen atoms in total. The minimum atomic E-state index is -0.588. The number of aliphatic imine (C=N–C) groups is 1. The topological polar surface area (TPSA) is 127 Å². The summed E-state index contributed by atoms with van der Waals surface area (Å²) in [6, 6.07) is 12.7. The summed E-state index contributed by atoms with van der Waals surface area (Å²) in [5.74, 6) is 1.18. The highest BCUT2D eigenvalue weighted by Gasteiger charge is 2.08. The number of nitrogens with two attached hydrogens (primary N) is 1. The van der Waals surface area contributed by atoms with E-state index in [1.165, 1.54) is 0 Å². The first-order valence-corrected chi connectivity index (χ1v) is 9.85. The third kappa shape index (κ3) is 8.61. The van der Waals surface area contributed by atoms with Gasteiger partial charge in [0.1, 0.15) is 11.5 Å². The number of nitrogens with one attached hydrogen (secondary N) is 3. The Morgan fingerprint density at radius 3 is 2.31 bits per heavy atom. The van der Waals surface area contributed by atoms with E-state index in [9.17, 15) is 9.59 Å². The number of guanidine groups is 1. The molecule has 0 heterocycles. The minimum absolute atomic E-state index is 0. The maximum Gasteiger partial charge on any atom is 0.251 e. The summed E-state index contributed by atoms with van der Waals surface area (Å²) in [6.45, 7) is 3.47. The SMILES string of the molecule is CCNC(=NCc1ccc(C(=O)NCC(N)=O)cc1)NCc1ccc(OC)cc1OC.I. The monoisotopic (exact) mass is 555 g/mol. The van der Waals surface area contributed by atoms with Crippen LogP contribution in [0.4, 0.5) is 0 Å². The zero-order valence-electron chi connectivity index (χ0n) is 18.4. The summed E-state index contributed by atoms with van der Waals surface area (Å²) < 4.78 is 10.7. The van der Waals surface area contributed by atoms with Crippen LogP contribution in [0.1, 0.15) is 28.4 Å². The Balaban J connectivity index is 0.00000512. The third-order valence-corrected chi connectivity index (χ3v) is 4.34. The van der Waals surface area contributed by atoms with E-state index in [1.807, 2.05) is 37.3 Å². The zero-order valence-corrected chi connectivity index (χ0v) is 20.8. The lowest BCUT2D eigenvalue weighted by molar-refractivity contribution is -0.117. The first kappa shape index (κ1) is 27.0. The van der Waals surface area contributed by atoms with E-state index in [4.69, 9.17) is 15.2 Å². The molecule has 0 spiro atoms. The molecule has 10 heteroatoms. The summed E-state index contributed by atoms with van der Waals surface area (Å²) in [5, 5.41) is 8.95. The number of rotatable bonds is 10. The maximum absolute atomic E-state index is 11.9. The highest BCUT2D eigenvalue weighted by atomic mass is 127. The van der Waals surface area contributed by atoms with Crippen LogP contribution in [-0.4, -0.2) is 45.1 Å². The van der Waals surface area contributed by atoms with Gasteiger partial charge in [-0.3, -0.25) is 9.59 Å². The van der Waals surface area contributed by atoms with E-state index >= 15 is 0 Å². The number of carbonyl (C=O) groups excluding carboxylic acids is 2. The summed E-state index contributed by atoms with van der Waals surface area (Å²) in [6.07, 6.45) is 0. The van der Waals surface area contributed by atoms with E-state index in [2.05, 4.69) is 20.9 Å². The summed E-state index contributed by atoms with van der Waals surface area (Å²) in [4.78, 5) is 27.3. The Hall–Kier alpha value is -3.02. The Labute approximate surface area is 205 Å². The van der Waals surface area contributed by atoms with Gasteiger partial charge in [0, 0.05) is 30.3 Å². The molecule has 0 aliphatic rings. The van der Waals surface area contributed by atoms with Crippen molar-refractivity contribution in [1.82, 2.24) is 16.0 Å². The van der Waals surface area contributed by atoms with Crippen LogP contribution in [0.15, 0.2) is 47.5 Å². The number of methoxy groups -OCH3 is 2. The molecule has 0 unspecified atom stereocenters. The molecular formula is C22H30IN5O4. The molecule has 0 aliphatic carbocycles. The lowest BCUT2D eigenvalue weighted by Crippen LogP contribution is -2.36. The molecule has 0 aromatic heterocycles. The minimum Gasteiger partial charge on any atom is -0.497 e. The van der Waals surface area contributed by atoms with Crippen LogP contribution in [0.2, 0.25) is 0 Å². The lowest BCUT2D eigenvalue weighted by Gasteiger charge is -2.14. The number of primary amides is 1. The summed E-state index contributed by atoms with van der Waals surface area (Å²) >= 11 is 0. The van der Waals surface area contributed by atoms with Gasteiger partial charge in [0.15, 0.2) is 5.96 Å². The smallest absolute Gasteiger partial charge is 0.251 e. The standard InChI is InChI=1S/C22H29N5O4.HI/c1-4-24-22(27-13-17-9-10-18(30-2)11-19(17)31-3)26-12-15-5-7-16(8-6-15)21(29)25-14-20(23)28;/h5-11H,4,12-14H2,1-3H3,(H2,23,28)(H,25,29)(H2,24,26,27);1H. The second kappa shape index (κ2) is 14.1. The zero-order chi connectivity index (χ0) is 22.6. The van der Waals surface area contributed by atoms with Crippen LogP contribution in [-0.2, 0) is 17.9 Å². The van der Waals surface area contributed by atoms with E-state index in [-0.39, 0.29) is 36.4 Å². The first-order valence-electron chi connectivity index (χ1n) is 9.85. The molecule has 0 radical (unpaired) electrons. The number of hydrogen-bond donors (Lipinski definition) is 4. The molecule has 174 valence electrons. The average Bonchev–Trinajstić information content (AvgIpc) is 2.79. The molecular weight excluding hydrogens is 525 g/mol. The predicted molar refractivity (Wildman–Crippen MR) is 135 cm³/mol. The van der Waals surface area contributed by atoms with Gasteiger partial charge in [-0.15, -0.1) is 24.0 Å². The van der Waals surface area contributed by atoms with Crippen molar-refractivity contribution in [3.63, 3.8) is 0 Å². The number of nitrogens with zero attached hydrogens (tertiary/aromatic N) is 1. The molecule has 0 aliphatic heterocycles. The van der Waals surface area contributed by atoms with Crippen molar-refractivity contribution in [2.24, 2.45) is 10.7 Å². The Kier molecular flexibility index (Phi) is 11.9. The van der Waals surface area contributed by atoms with Crippen molar-refractivity contribution in [2.75, 3.05) is 27.3 Å². The van der Waals surface area contributed by atoms with E-state index in [0.29, 0.717) is 31.2 Å². The Bertz CT molecular complexity index is 919. The molecule has 0 fully saturated rings. The number of benzene rings is 2. The fourth-order valence-corrected chi connectivity index (χ4v) is 2.72. The van der Waals surface area contributed by atoms with Gasteiger partial charge < -0.3 is 31.2 Å². The maximum atomic E-state index is 11.9. The molecule has 2 amide bonds. The van der Waals surface area contributed by atoms with E-state index < -0.39 is 5.91 Å². The van der Waals surface area contributed by atoms with Crippen molar-refractivity contribution in [3.05, 3.63) is 59.2 Å². The highest BCUT2D eigenvalue weighted by molar-refractivity contribution is 14.0. The molecule has 2 rings (SSSR count). The molecule has 0 saturated carbocycles. The van der Waals surface area contributed by atoms with E-state index in [1.54, 1.807) is 26.4 Å². The van der Waals surface area contributed by atoms with Crippen LogP contribution in [0, 0.1) is 0 Å². The van der Waals surface area contributed by atoms with Crippen molar-refractivity contribution in [1.29, 1.82) is 0 Å². The molecule has 2 aromatic rings. The van der Waals surface area contributed by atoms with Gasteiger partial charge in [0.05, 0.1) is 27.3 Å². The van der Waals surface area contributed by atoms with Crippen LogP contribution < -0.4 is 31.2 Å². The Morgan fingerprint density at radius 1 is 1.00 bits per heavy atom. The molecule has 2 aromatic carbocycles. The number of hydrogen-bond acceptors (Lipinski definition) is 5. The third-order valence-electron chi connectivity index (χ3n) is 4.34. The number of ether oxygens (including phenoxy) is 2. The van der Waals surface area contributed by atoms with E-state index in [0.717, 1.165) is 22.6 Å². The molecule has 32 heavy (non-hydrogen) atoms. The second-order valence-electron chi connectivity index (χ2n) is 6.57. The average molecular weight is 555 g/mol. The fourth-order valence-electron chi connectivity index (χ4n) is 2.72. The molecule has 0 saturated heterocycles. The van der Waals surface area contributed by atoms with Crippen LogP contribution in [0.5, 0.6) is 11.5 Å².